The Morgan fingerprint density at radius 2 is 2.00 bits per heavy atom. The Labute approximate surface area is 125 Å². The predicted molar refractivity (Wildman–Crippen MR) is 86.3 cm³/mol. The number of benzene rings is 1. The highest BCUT2D eigenvalue weighted by atomic mass is 15.3. The van der Waals surface area contributed by atoms with Crippen molar-refractivity contribution < 1.29 is 0 Å². The van der Waals surface area contributed by atoms with Gasteiger partial charge in [-0.1, -0.05) is 18.2 Å². The zero-order valence-electron chi connectivity index (χ0n) is 12.7. The van der Waals surface area contributed by atoms with Gasteiger partial charge in [0.05, 0.1) is 17.8 Å². The van der Waals surface area contributed by atoms with Crippen molar-refractivity contribution >= 4 is 10.9 Å². The molecule has 3 aromatic rings. The fourth-order valence-electron chi connectivity index (χ4n) is 2.83. The van der Waals surface area contributed by atoms with Gasteiger partial charge >= 0.3 is 0 Å². The third-order valence-corrected chi connectivity index (χ3v) is 3.81. The van der Waals surface area contributed by atoms with Crippen LogP contribution in [-0.2, 0) is 19.5 Å². The van der Waals surface area contributed by atoms with Crippen molar-refractivity contribution in [2.24, 2.45) is 5.73 Å². The van der Waals surface area contributed by atoms with E-state index in [2.05, 4.69) is 58.8 Å². The van der Waals surface area contributed by atoms with Crippen LogP contribution in [0.5, 0.6) is 0 Å². The highest BCUT2D eigenvalue weighted by Gasteiger charge is 2.11. The van der Waals surface area contributed by atoms with E-state index in [0.717, 1.165) is 25.2 Å². The van der Waals surface area contributed by atoms with Crippen LogP contribution in [0.2, 0.25) is 0 Å². The van der Waals surface area contributed by atoms with Gasteiger partial charge in [0.1, 0.15) is 0 Å². The number of rotatable bonds is 5. The molecule has 3 rings (SSSR count). The third-order valence-electron chi connectivity index (χ3n) is 3.81. The normalized spacial score (nSPS) is 12.9. The van der Waals surface area contributed by atoms with Gasteiger partial charge in [-0.15, -0.1) is 0 Å². The number of aromatic nitrogens is 3. The monoisotopic (exact) mass is 282 g/mol. The molecule has 0 radical (unpaired) electrons. The summed E-state index contributed by atoms with van der Waals surface area (Å²) in [6.07, 6.45) is 3.00. The average molecular weight is 282 g/mol. The van der Waals surface area contributed by atoms with Gasteiger partial charge in [-0.05, 0) is 32.0 Å². The number of hydrogen-bond acceptors (Lipinski definition) is 2. The van der Waals surface area contributed by atoms with E-state index in [4.69, 9.17) is 10.8 Å². The molecular formula is C17H22N4. The highest BCUT2D eigenvalue weighted by Crippen LogP contribution is 2.20. The summed E-state index contributed by atoms with van der Waals surface area (Å²) in [6.45, 7) is 5.85. The van der Waals surface area contributed by atoms with Crippen molar-refractivity contribution in [2.45, 2.75) is 39.4 Å². The van der Waals surface area contributed by atoms with Gasteiger partial charge in [0.15, 0.2) is 0 Å². The van der Waals surface area contributed by atoms with E-state index in [9.17, 15) is 0 Å². The first-order valence-electron chi connectivity index (χ1n) is 7.53. The molecule has 1 aromatic carbocycles. The second-order valence-corrected chi connectivity index (χ2v) is 5.59. The summed E-state index contributed by atoms with van der Waals surface area (Å²) in [6, 6.07) is 12.8. The van der Waals surface area contributed by atoms with Crippen molar-refractivity contribution in [3.8, 4) is 0 Å². The fraction of sp³-hybridized carbons (Fsp3) is 0.353. The minimum atomic E-state index is 0.170. The van der Waals surface area contributed by atoms with Crippen molar-refractivity contribution in [1.29, 1.82) is 0 Å². The molecule has 0 aliphatic carbocycles. The summed E-state index contributed by atoms with van der Waals surface area (Å²) in [5.74, 6) is 0. The molecule has 2 aromatic heterocycles. The molecule has 0 bridgehead atoms. The molecule has 0 spiro atoms. The summed E-state index contributed by atoms with van der Waals surface area (Å²) < 4.78 is 4.32. The predicted octanol–water partition coefficient (Wildman–Crippen LogP) is 2.80. The van der Waals surface area contributed by atoms with Gasteiger partial charge in [-0.2, -0.15) is 5.10 Å². The Hall–Kier alpha value is -2.07. The quantitative estimate of drug-likeness (QED) is 0.782. The van der Waals surface area contributed by atoms with Gasteiger partial charge in [0, 0.05) is 36.3 Å². The Kier molecular flexibility index (Phi) is 3.80. The number of para-hydroxylation sites is 1. The van der Waals surface area contributed by atoms with E-state index in [1.807, 2.05) is 6.92 Å². The van der Waals surface area contributed by atoms with Gasteiger partial charge < -0.3 is 10.3 Å². The van der Waals surface area contributed by atoms with Crippen LogP contribution >= 0.6 is 0 Å². The standard InChI is InChI=1S/C17H22N4/c1-3-21-17-9-5-4-8-15(17)16(19-21)12-20-10-6-7-14(20)11-13(2)18/h4-10,13H,3,11-12,18H2,1-2H3. The third kappa shape index (κ3) is 2.72. The zero-order chi connectivity index (χ0) is 14.8. The van der Waals surface area contributed by atoms with E-state index < -0.39 is 0 Å². The van der Waals surface area contributed by atoms with Crippen LogP contribution in [0.3, 0.4) is 0 Å². The first-order valence-corrected chi connectivity index (χ1v) is 7.53. The topological polar surface area (TPSA) is 48.8 Å². The SMILES string of the molecule is CCn1nc(Cn2cccc2CC(C)N)c2ccccc21. The Balaban J connectivity index is 1.97. The summed E-state index contributed by atoms with van der Waals surface area (Å²) in [5.41, 5.74) is 9.52. The fourth-order valence-corrected chi connectivity index (χ4v) is 2.83. The molecule has 0 fully saturated rings. The van der Waals surface area contributed by atoms with Crippen LogP contribution in [-0.4, -0.2) is 20.4 Å². The number of nitrogens with two attached hydrogens (primary N) is 1. The van der Waals surface area contributed by atoms with Gasteiger partial charge in [-0.3, -0.25) is 4.68 Å². The molecule has 110 valence electrons. The molecule has 0 aliphatic heterocycles. The second kappa shape index (κ2) is 5.74. The second-order valence-electron chi connectivity index (χ2n) is 5.59. The van der Waals surface area contributed by atoms with Crippen molar-refractivity contribution in [2.75, 3.05) is 0 Å². The van der Waals surface area contributed by atoms with Crippen LogP contribution in [0.15, 0.2) is 42.6 Å². The number of nitrogens with zero attached hydrogens (tertiary/aromatic N) is 3. The lowest BCUT2D eigenvalue weighted by Crippen LogP contribution is -2.20. The molecule has 1 atom stereocenters. The zero-order valence-corrected chi connectivity index (χ0v) is 12.7. The summed E-state index contributed by atoms with van der Waals surface area (Å²) >= 11 is 0. The van der Waals surface area contributed by atoms with E-state index in [1.165, 1.54) is 16.6 Å². The van der Waals surface area contributed by atoms with Crippen LogP contribution in [0.1, 0.15) is 25.2 Å². The lowest BCUT2D eigenvalue weighted by atomic mass is 10.2. The molecule has 2 N–H and O–H groups in total. The number of hydrogen-bond donors (Lipinski definition) is 1. The maximum atomic E-state index is 5.93. The smallest absolute Gasteiger partial charge is 0.0900 e. The lowest BCUT2D eigenvalue weighted by molar-refractivity contribution is 0.632. The highest BCUT2D eigenvalue weighted by molar-refractivity contribution is 5.81. The maximum absolute atomic E-state index is 5.93. The Bertz CT molecular complexity index is 736. The minimum absolute atomic E-state index is 0.170. The van der Waals surface area contributed by atoms with E-state index in [0.29, 0.717) is 0 Å². The molecule has 0 saturated carbocycles. The number of fused-ring (bicyclic) bond motifs is 1. The average Bonchev–Trinajstić information content (AvgIpc) is 3.04. The molecule has 2 heterocycles. The molecule has 4 heteroatoms. The van der Waals surface area contributed by atoms with E-state index in [1.54, 1.807) is 0 Å². The van der Waals surface area contributed by atoms with Gasteiger partial charge in [-0.25, -0.2) is 0 Å². The van der Waals surface area contributed by atoms with Crippen molar-refractivity contribution in [3.63, 3.8) is 0 Å². The molecule has 0 aliphatic rings. The van der Waals surface area contributed by atoms with Crippen LogP contribution < -0.4 is 5.73 Å². The van der Waals surface area contributed by atoms with E-state index >= 15 is 0 Å². The minimum Gasteiger partial charge on any atom is -0.345 e. The molecular weight excluding hydrogens is 260 g/mol. The Morgan fingerprint density at radius 1 is 1.19 bits per heavy atom. The largest absolute Gasteiger partial charge is 0.345 e. The van der Waals surface area contributed by atoms with Gasteiger partial charge in [0.25, 0.3) is 0 Å². The summed E-state index contributed by atoms with van der Waals surface area (Å²) in [4.78, 5) is 0. The summed E-state index contributed by atoms with van der Waals surface area (Å²) in [7, 11) is 0. The molecule has 0 amide bonds. The first kappa shape index (κ1) is 13.9. The number of aryl methyl sites for hydroxylation is 1. The van der Waals surface area contributed by atoms with Gasteiger partial charge in [0.2, 0.25) is 0 Å². The van der Waals surface area contributed by atoms with Crippen molar-refractivity contribution in [1.82, 2.24) is 14.3 Å². The first-order chi connectivity index (χ1) is 10.2. The molecule has 0 saturated heterocycles. The van der Waals surface area contributed by atoms with Crippen molar-refractivity contribution in [3.05, 3.63) is 54.0 Å². The van der Waals surface area contributed by atoms with E-state index in [-0.39, 0.29) is 6.04 Å². The maximum Gasteiger partial charge on any atom is 0.0900 e. The van der Waals surface area contributed by atoms with Crippen LogP contribution in [0.4, 0.5) is 0 Å². The molecule has 21 heavy (non-hydrogen) atoms. The van der Waals surface area contributed by atoms with Crippen LogP contribution in [0, 0.1) is 0 Å². The lowest BCUT2D eigenvalue weighted by Gasteiger charge is -2.10. The Morgan fingerprint density at radius 3 is 2.76 bits per heavy atom. The molecule has 4 nitrogen and oxygen atoms in total. The van der Waals surface area contributed by atoms with Crippen LogP contribution in [0.25, 0.3) is 10.9 Å². The summed E-state index contributed by atoms with van der Waals surface area (Å²) in [5, 5.41) is 6.00. The molecule has 1 unspecified atom stereocenters.